The van der Waals surface area contributed by atoms with Crippen molar-refractivity contribution in [3.05, 3.63) is 34.9 Å². The summed E-state index contributed by atoms with van der Waals surface area (Å²) in [5.74, 6) is 0.304. The van der Waals surface area contributed by atoms with Gasteiger partial charge in [0.15, 0.2) is 0 Å². The van der Waals surface area contributed by atoms with Crippen molar-refractivity contribution in [2.45, 2.75) is 32.2 Å². The number of hydrogen-bond donors (Lipinski definition) is 1. The molecule has 0 spiro atoms. The van der Waals surface area contributed by atoms with Gasteiger partial charge in [-0.1, -0.05) is 23.7 Å². The molecule has 1 aliphatic carbocycles. The van der Waals surface area contributed by atoms with Crippen molar-refractivity contribution >= 4 is 23.3 Å². The average molecular weight is 266 g/mol. The number of benzene rings is 1. The normalized spacial score (nSPS) is 16.6. The van der Waals surface area contributed by atoms with Crippen molar-refractivity contribution in [2.75, 3.05) is 0 Å². The first-order chi connectivity index (χ1) is 8.65. The molecule has 4 heteroatoms. The van der Waals surface area contributed by atoms with Gasteiger partial charge in [-0.2, -0.15) is 0 Å². The van der Waals surface area contributed by atoms with E-state index in [1.165, 1.54) is 0 Å². The fourth-order valence-electron chi connectivity index (χ4n) is 2.18. The van der Waals surface area contributed by atoms with E-state index in [-0.39, 0.29) is 17.6 Å². The maximum Gasteiger partial charge on any atom is 0.223 e. The summed E-state index contributed by atoms with van der Waals surface area (Å²) in [5.41, 5.74) is 0.989. The van der Waals surface area contributed by atoms with Crippen LogP contribution in [0.25, 0.3) is 0 Å². The number of rotatable bonds is 3. The Hall–Kier alpha value is -1.35. The van der Waals surface area contributed by atoms with Gasteiger partial charge < -0.3 is 5.32 Å². The fourth-order valence-corrected chi connectivity index (χ4v) is 2.40. The number of ketones is 1. The summed E-state index contributed by atoms with van der Waals surface area (Å²) in [5, 5.41) is 3.57. The predicted octanol–water partition coefficient (Wildman–Crippen LogP) is 2.72. The topological polar surface area (TPSA) is 46.2 Å². The van der Waals surface area contributed by atoms with Crippen LogP contribution in [0.5, 0.6) is 0 Å². The monoisotopic (exact) mass is 265 g/mol. The molecule has 1 amide bonds. The Labute approximate surface area is 112 Å². The van der Waals surface area contributed by atoms with Gasteiger partial charge in [-0.05, 0) is 30.5 Å². The van der Waals surface area contributed by atoms with E-state index in [2.05, 4.69) is 5.32 Å². The molecule has 18 heavy (non-hydrogen) atoms. The second kappa shape index (κ2) is 6.01. The number of amides is 1. The first-order valence-corrected chi connectivity index (χ1v) is 6.57. The molecule has 0 heterocycles. The largest absolute Gasteiger partial charge is 0.352 e. The Bertz CT molecular complexity index is 449. The minimum atomic E-state index is -0.0121. The summed E-state index contributed by atoms with van der Waals surface area (Å²) in [6, 6.07) is 7.44. The third kappa shape index (κ3) is 3.57. The molecule has 96 valence electrons. The molecule has 1 fully saturated rings. The van der Waals surface area contributed by atoms with Gasteiger partial charge >= 0.3 is 0 Å². The molecule has 0 aliphatic heterocycles. The first-order valence-electron chi connectivity index (χ1n) is 6.19. The number of carbonyl (C=O) groups is 2. The summed E-state index contributed by atoms with van der Waals surface area (Å²) >= 11 is 5.87. The van der Waals surface area contributed by atoms with Gasteiger partial charge in [-0.3, -0.25) is 9.59 Å². The molecule has 1 saturated carbocycles. The summed E-state index contributed by atoms with van der Waals surface area (Å²) in [7, 11) is 0. The molecule has 1 N–H and O–H groups in total. The van der Waals surface area contributed by atoms with Crippen molar-refractivity contribution in [3.63, 3.8) is 0 Å². The smallest absolute Gasteiger partial charge is 0.223 e. The van der Waals surface area contributed by atoms with Crippen LogP contribution in [0.1, 0.15) is 31.2 Å². The van der Waals surface area contributed by atoms with Gasteiger partial charge in [0, 0.05) is 30.3 Å². The molecule has 0 aromatic heterocycles. The molecular formula is C14H16ClNO2. The molecule has 2 rings (SSSR count). The van der Waals surface area contributed by atoms with Gasteiger partial charge in [-0.15, -0.1) is 0 Å². The van der Waals surface area contributed by atoms with Gasteiger partial charge in [-0.25, -0.2) is 0 Å². The molecule has 0 saturated heterocycles. The van der Waals surface area contributed by atoms with Crippen molar-refractivity contribution in [1.29, 1.82) is 0 Å². The molecule has 0 atom stereocenters. The lowest BCUT2D eigenvalue weighted by Crippen LogP contribution is -2.32. The number of hydrogen-bond acceptors (Lipinski definition) is 2. The maximum atomic E-state index is 11.9. The van der Waals surface area contributed by atoms with Gasteiger partial charge in [0.2, 0.25) is 5.91 Å². The van der Waals surface area contributed by atoms with E-state index in [0.717, 1.165) is 5.56 Å². The van der Waals surface area contributed by atoms with E-state index < -0.39 is 0 Å². The molecule has 3 nitrogen and oxygen atoms in total. The van der Waals surface area contributed by atoms with Crippen molar-refractivity contribution in [1.82, 2.24) is 5.32 Å². The zero-order valence-corrected chi connectivity index (χ0v) is 10.9. The average Bonchev–Trinajstić information content (AvgIpc) is 2.37. The van der Waals surface area contributed by atoms with Crippen LogP contribution in [0.15, 0.2) is 24.3 Å². The molecule has 1 aromatic carbocycles. The van der Waals surface area contributed by atoms with E-state index in [1.54, 1.807) is 6.07 Å². The Morgan fingerprint density at radius 1 is 1.33 bits per heavy atom. The van der Waals surface area contributed by atoms with E-state index in [9.17, 15) is 9.59 Å². The minimum Gasteiger partial charge on any atom is -0.352 e. The lowest BCUT2D eigenvalue weighted by molar-refractivity contribution is -0.128. The van der Waals surface area contributed by atoms with Crippen LogP contribution in [0.4, 0.5) is 0 Å². The highest BCUT2D eigenvalue weighted by atomic mass is 35.5. The highest BCUT2D eigenvalue weighted by molar-refractivity contribution is 6.30. The van der Waals surface area contributed by atoms with E-state index >= 15 is 0 Å². The Morgan fingerprint density at radius 3 is 2.72 bits per heavy atom. The fraction of sp³-hybridized carbons (Fsp3) is 0.429. The molecule has 0 unspecified atom stereocenters. The van der Waals surface area contributed by atoms with E-state index in [4.69, 9.17) is 11.6 Å². The molecular weight excluding hydrogens is 250 g/mol. The van der Waals surface area contributed by atoms with Gasteiger partial charge in [0.1, 0.15) is 5.78 Å². The van der Waals surface area contributed by atoms with Gasteiger partial charge in [0.05, 0.1) is 0 Å². The van der Waals surface area contributed by atoms with Crippen LogP contribution in [0.3, 0.4) is 0 Å². The zero-order chi connectivity index (χ0) is 13.0. The van der Waals surface area contributed by atoms with Crippen LogP contribution in [-0.2, 0) is 16.1 Å². The lowest BCUT2D eigenvalue weighted by atomic mass is 9.88. The van der Waals surface area contributed by atoms with Crippen LogP contribution in [0, 0.1) is 5.92 Å². The van der Waals surface area contributed by atoms with Crippen LogP contribution in [0.2, 0.25) is 5.02 Å². The standard InChI is InChI=1S/C14H16ClNO2/c15-12-3-1-2-10(8-12)9-16-14(18)11-4-6-13(17)7-5-11/h1-3,8,11H,4-7,9H2,(H,16,18). The maximum absolute atomic E-state index is 11.9. The molecule has 1 aliphatic rings. The van der Waals surface area contributed by atoms with Crippen LogP contribution in [-0.4, -0.2) is 11.7 Å². The second-order valence-electron chi connectivity index (χ2n) is 4.66. The lowest BCUT2D eigenvalue weighted by Gasteiger charge is -2.20. The summed E-state index contributed by atoms with van der Waals surface area (Å²) in [6.07, 6.45) is 2.44. The Morgan fingerprint density at radius 2 is 2.06 bits per heavy atom. The van der Waals surface area contributed by atoms with E-state index in [0.29, 0.717) is 37.3 Å². The number of nitrogens with one attached hydrogen (secondary N) is 1. The minimum absolute atomic E-state index is 0.0121. The third-order valence-electron chi connectivity index (χ3n) is 3.27. The van der Waals surface area contributed by atoms with E-state index in [1.807, 2.05) is 18.2 Å². The third-order valence-corrected chi connectivity index (χ3v) is 3.50. The zero-order valence-electron chi connectivity index (χ0n) is 10.1. The second-order valence-corrected chi connectivity index (χ2v) is 5.10. The SMILES string of the molecule is O=C1CCC(C(=O)NCc2cccc(Cl)c2)CC1. The highest BCUT2D eigenvalue weighted by Crippen LogP contribution is 2.21. The number of Topliss-reactive ketones (excluding diaryl/α,β-unsaturated/α-hetero) is 1. The summed E-state index contributed by atoms with van der Waals surface area (Å²) in [6.45, 7) is 0.490. The van der Waals surface area contributed by atoms with Crippen LogP contribution < -0.4 is 5.32 Å². The summed E-state index contributed by atoms with van der Waals surface area (Å²) < 4.78 is 0. The number of halogens is 1. The quantitative estimate of drug-likeness (QED) is 0.913. The highest BCUT2D eigenvalue weighted by Gasteiger charge is 2.24. The summed E-state index contributed by atoms with van der Waals surface area (Å²) in [4.78, 5) is 23.0. The number of carbonyl (C=O) groups excluding carboxylic acids is 2. The first kappa shape index (κ1) is 13.1. The molecule has 0 bridgehead atoms. The predicted molar refractivity (Wildman–Crippen MR) is 70.3 cm³/mol. The molecule has 1 aromatic rings. The van der Waals surface area contributed by atoms with Crippen LogP contribution >= 0.6 is 11.6 Å². The Kier molecular flexibility index (Phi) is 4.37. The Balaban J connectivity index is 1.83. The molecule has 0 radical (unpaired) electrons. The van der Waals surface area contributed by atoms with Crippen molar-refractivity contribution < 1.29 is 9.59 Å². The van der Waals surface area contributed by atoms with Gasteiger partial charge in [0.25, 0.3) is 0 Å². The van der Waals surface area contributed by atoms with Crippen molar-refractivity contribution in [2.24, 2.45) is 5.92 Å². The van der Waals surface area contributed by atoms with Crippen molar-refractivity contribution in [3.8, 4) is 0 Å².